The molecule has 1 aromatic carbocycles. The first-order chi connectivity index (χ1) is 8.72. The molecule has 0 radical (unpaired) electrons. The van der Waals surface area contributed by atoms with Crippen LogP contribution in [0.25, 0.3) is 0 Å². The summed E-state index contributed by atoms with van der Waals surface area (Å²) < 4.78 is 15.5. The molecular formula is C14H18FN3. The predicted molar refractivity (Wildman–Crippen MR) is 69.5 cm³/mol. The van der Waals surface area contributed by atoms with Crippen molar-refractivity contribution >= 4 is 0 Å². The molecule has 2 aromatic rings. The maximum Gasteiger partial charge on any atom is 0.127 e. The van der Waals surface area contributed by atoms with Gasteiger partial charge in [-0.1, -0.05) is 25.1 Å². The molecule has 2 rings (SSSR count). The van der Waals surface area contributed by atoms with Gasteiger partial charge in [-0.25, -0.2) is 4.39 Å². The van der Waals surface area contributed by atoms with E-state index in [9.17, 15) is 4.39 Å². The van der Waals surface area contributed by atoms with E-state index >= 15 is 0 Å². The van der Waals surface area contributed by atoms with E-state index in [1.807, 2.05) is 36.9 Å². The Morgan fingerprint density at radius 2 is 2.11 bits per heavy atom. The molecule has 0 aliphatic heterocycles. The van der Waals surface area contributed by atoms with Crippen LogP contribution >= 0.6 is 0 Å². The van der Waals surface area contributed by atoms with Gasteiger partial charge in [0.1, 0.15) is 5.82 Å². The summed E-state index contributed by atoms with van der Waals surface area (Å²) in [5, 5.41) is 7.48. The highest BCUT2D eigenvalue weighted by Gasteiger charge is 2.13. The number of hydrogen-bond acceptors (Lipinski definition) is 2. The average molecular weight is 247 g/mol. The second kappa shape index (κ2) is 5.78. The minimum atomic E-state index is -0.151. The molecule has 0 spiro atoms. The third-order valence-electron chi connectivity index (χ3n) is 3.14. The third-order valence-corrected chi connectivity index (χ3v) is 3.14. The van der Waals surface area contributed by atoms with Crippen molar-refractivity contribution < 1.29 is 4.39 Å². The lowest BCUT2D eigenvalue weighted by Gasteiger charge is -2.18. The molecule has 18 heavy (non-hydrogen) atoms. The molecule has 96 valence electrons. The largest absolute Gasteiger partial charge is 0.304 e. The van der Waals surface area contributed by atoms with Crippen LogP contribution in [-0.2, 0) is 13.6 Å². The van der Waals surface area contributed by atoms with E-state index in [1.54, 1.807) is 12.3 Å². The van der Waals surface area contributed by atoms with Crippen molar-refractivity contribution in [3.8, 4) is 0 Å². The van der Waals surface area contributed by atoms with Crippen LogP contribution in [0.2, 0.25) is 0 Å². The van der Waals surface area contributed by atoms with Crippen molar-refractivity contribution in [2.45, 2.75) is 25.9 Å². The van der Waals surface area contributed by atoms with Crippen LogP contribution in [-0.4, -0.2) is 9.78 Å². The van der Waals surface area contributed by atoms with Gasteiger partial charge < -0.3 is 5.32 Å². The fourth-order valence-electron chi connectivity index (χ4n) is 2.03. The zero-order chi connectivity index (χ0) is 13.0. The van der Waals surface area contributed by atoms with Gasteiger partial charge in [0, 0.05) is 31.4 Å². The number of nitrogens with one attached hydrogen (secondary N) is 1. The number of hydrogen-bond donors (Lipinski definition) is 1. The van der Waals surface area contributed by atoms with Crippen LogP contribution < -0.4 is 5.32 Å². The number of aromatic nitrogens is 2. The van der Waals surface area contributed by atoms with E-state index in [4.69, 9.17) is 0 Å². The number of rotatable bonds is 5. The number of aryl methyl sites for hydroxylation is 1. The van der Waals surface area contributed by atoms with Crippen LogP contribution in [0.5, 0.6) is 0 Å². The smallest absolute Gasteiger partial charge is 0.127 e. The van der Waals surface area contributed by atoms with Crippen LogP contribution in [0.15, 0.2) is 36.5 Å². The standard InChI is InChI=1S/C14H18FN3/c1-3-14(12-6-4-5-7-13(12)15)16-10-11-8-9-17-18(11)2/h4-9,14,16H,3,10H2,1-2H3. The van der Waals surface area contributed by atoms with E-state index in [2.05, 4.69) is 10.4 Å². The van der Waals surface area contributed by atoms with Crippen LogP contribution in [0.1, 0.15) is 30.6 Å². The number of benzene rings is 1. The van der Waals surface area contributed by atoms with Crippen LogP contribution in [0.3, 0.4) is 0 Å². The topological polar surface area (TPSA) is 29.9 Å². The molecular weight excluding hydrogens is 229 g/mol. The Balaban J connectivity index is 2.07. The summed E-state index contributed by atoms with van der Waals surface area (Å²) in [6.07, 6.45) is 2.61. The molecule has 1 atom stereocenters. The first-order valence-electron chi connectivity index (χ1n) is 6.17. The zero-order valence-electron chi connectivity index (χ0n) is 10.7. The Labute approximate surface area is 107 Å². The zero-order valence-corrected chi connectivity index (χ0v) is 10.7. The van der Waals surface area contributed by atoms with E-state index in [0.717, 1.165) is 17.7 Å². The Morgan fingerprint density at radius 1 is 1.33 bits per heavy atom. The van der Waals surface area contributed by atoms with Gasteiger partial charge in [0.05, 0.1) is 5.69 Å². The lowest BCUT2D eigenvalue weighted by Crippen LogP contribution is -2.22. The van der Waals surface area contributed by atoms with Gasteiger partial charge >= 0.3 is 0 Å². The highest BCUT2D eigenvalue weighted by molar-refractivity contribution is 5.21. The molecule has 1 N–H and O–H groups in total. The molecule has 1 heterocycles. The van der Waals surface area contributed by atoms with Crippen molar-refractivity contribution in [1.82, 2.24) is 15.1 Å². The Morgan fingerprint density at radius 3 is 2.72 bits per heavy atom. The molecule has 0 saturated carbocycles. The summed E-state index contributed by atoms with van der Waals surface area (Å²) in [6.45, 7) is 2.73. The highest BCUT2D eigenvalue weighted by Crippen LogP contribution is 2.20. The second-order valence-corrected chi connectivity index (χ2v) is 4.31. The molecule has 0 amide bonds. The van der Waals surface area contributed by atoms with Gasteiger partial charge in [0.25, 0.3) is 0 Å². The Kier molecular flexibility index (Phi) is 4.10. The molecule has 3 nitrogen and oxygen atoms in total. The fraction of sp³-hybridized carbons (Fsp3) is 0.357. The second-order valence-electron chi connectivity index (χ2n) is 4.31. The average Bonchev–Trinajstić information content (AvgIpc) is 2.78. The van der Waals surface area contributed by atoms with Crippen molar-refractivity contribution in [1.29, 1.82) is 0 Å². The molecule has 0 fully saturated rings. The van der Waals surface area contributed by atoms with Gasteiger partial charge in [-0.15, -0.1) is 0 Å². The minimum absolute atomic E-state index is 0.0288. The highest BCUT2D eigenvalue weighted by atomic mass is 19.1. The summed E-state index contributed by atoms with van der Waals surface area (Å²) in [5.41, 5.74) is 1.81. The summed E-state index contributed by atoms with van der Waals surface area (Å²) >= 11 is 0. The molecule has 4 heteroatoms. The first-order valence-corrected chi connectivity index (χ1v) is 6.17. The van der Waals surface area contributed by atoms with Crippen molar-refractivity contribution in [2.24, 2.45) is 7.05 Å². The monoisotopic (exact) mass is 247 g/mol. The van der Waals surface area contributed by atoms with Crippen molar-refractivity contribution in [3.05, 3.63) is 53.6 Å². The predicted octanol–water partition coefficient (Wildman–Crippen LogP) is 2.80. The quantitative estimate of drug-likeness (QED) is 0.880. The van der Waals surface area contributed by atoms with Crippen LogP contribution in [0, 0.1) is 5.82 Å². The summed E-state index contributed by atoms with van der Waals surface area (Å²) in [5.74, 6) is -0.151. The van der Waals surface area contributed by atoms with Crippen LogP contribution in [0.4, 0.5) is 4.39 Å². The molecule has 0 bridgehead atoms. The van der Waals surface area contributed by atoms with Gasteiger partial charge in [-0.05, 0) is 18.6 Å². The first kappa shape index (κ1) is 12.8. The number of nitrogens with zero attached hydrogens (tertiary/aromatic N) is 2. The molecule has 1 aromatic heterocycles. The van der Waals surface area contributed by atoms with E-state index in [1.165, 1.54) is 6.07 Å². The third kappa shape index (κ3) is 2.76. The lowest BCUT2D eigenvalue weighted by molar-refractivity contribution is 0.477. The maximum absolute atomic E-state index is 13.7. The van der Waals surface area contributed by atoms with E-state index < -0.39 is 0 Å². The van der Waals surface area contributed by atoms with Gasteiger partial charge in [0.15, 0.2) is 0 Å². The van der Waals surface area contributed by atoms with Crippen molar-refractivity contribution in [2.75, 3.05) is 0 Å². The van der Waals surface area contributed by atoms with Crippen molar-refractivity contribution in [3.63, 3.8) is 0 Å². The lowest BCUT2D eigenvalue weighted by atomic mass is 10.0. The Hall–Kier alpha value is -1.68. The van der Waals surface area contributed by atoms with Gasteiger partial charge in [0.2, 0.25) is 0 Å². The van der Waals surface area contributed by atoms with Gasteiger partial charge in [-0.3, -0.25) is 4.68 Å². The van der Waals surface area contributed by atoms with E-state index in [0.29, 0.717) is 6.54 Å². The minimum Gasteiger partial charge on any atom is -0.304 e. The molecule has 0 aliphatic rings. The van der Waals surface area contributed by atoms with E-state index in [-0.39, 0.29) is 11.9 Å². The molecule has 0 saturated heterocycles. The molecule has 0 aliphatic carbocycles. The fourth-order valence-corrected chi connectivity index (χ4v) is 2.03. The molecule has 1 unspecified atom stereocenters. The maximum atomic E-state index is 13.7. The summed E-state index contributed by atoms with van der Waals surface area (Å²) in [6, 6.07) is 8.91. The number of halogens is 1. The summed E-state index contributed by atoms with van der Waals surface area (Å²) in [4.78, 5) is 0. The normalized spacial score (nSPS) is 12.6. The SMILES string of the molecule is CCC(NCc1ccnn1C)c1ccccc1F. The van der Waals surface area contributed by atoms with Gasteiger partial charge in [-0.2, -0.15) is 5.10 Å². The summed E-state index contributed by atoms with van der Waals surface area (Å²) in [7, 11) is 1.90. The Bertz CT molecular complexity index is 507.